The summed E-state index contributed by atoms with van der Waals surface area (Å²) in [6.45, 7) is 2.15. The van der Waals surface area contributed by atoms with E-state index >= 15 is 0 Å². The highest BCUT2D eigenvalue weighted by Crippen LogP contribution is 2.46. The third-order valence-corrected chi connectivity index (χ3v) is 4.99. The first-order valence-electron chi connectivity index (χ1n) is 7.70. The van der Waals surface area contributed by atoms with Crippen molar-refractivity contribution in [1.82, 2.24) is 4.98 Å². The summed E-state index contributed by atoms with van der Waals surface area (Å²) in [6, 6.07) is 10.0. The lowest BCUT2D eigenvalue weighted by Gasteiger charge is -2.25. The number of carbonyl (C=O) groups is 1. The lowest BCUT2D eigenvalue weighted by atomic mass is 9.78. The van der Waals surface area contributed by atoms with Gasteiger partial charge in [0.1, 0.15) is 0 Å². The molecule has 1 aliphatic rings. The maximum Gasteiger partial charge on any atom is 0.309 e. The van der Waals surface area contributed by atoms with Crippen LogP contribution in [0.1, 0.15) is 38.2 Å². The molecule has 2 unspecified atom stereocenters. The second kappa shape index (κ2) is 5.47. The Balaban J connectivity index is 1.98. The summed E-state index contributed by atoms with van der Waals surface area (Å²) in [4.78, 5) is 16.4. The van der Waals surface area contributed by atoms with E-state index in [0.717, 1.165) is 42.1 Å². The molecular formula is C18H21NO2. The van der Waals surface area contributed by atoms with E-state index in [1.807, 2.05) is 30.3 Å². The minimum atomic E-state index is -0.647. The van der Waals surface area contributed by atoms with E-state index in [4.69, 9.17) is 0 Å². The molecule has 3 heteroatoms. The highest BCUT2D eigenvalue weighted by Gasteiger charge is 2.45. The number of aromatic nitrogens is 1. The van der Waals surface area contributed by atoms with Crippen LogP contribution in [0.25, 0.3) is 10.9 Å². The minimum absolute atomic E-state index is 0.545. The van der Waals surface area contributed by atoms with Gasteiger partial charge in [0.15, 0.2) is 0 Å². The fraction of sp³-hybridized carbons (Fsp3) is 0.444. The molecule has 2 atom stereocenters. The lowest BCUT2D eigenvalue weighted by molar-refractivity contribution is -0.148. The molecule has 1 saturated carbocycles. The Hall–Kier alpha value is -1.90. The molecule has 0 bridgehead atoms. The minimum Gasteiger partial charge on any atom is -0.481 e. The Morgan fingerprint density at radius 3 is 2.90 bits per heavy atom. The van der Waals surface area contributed by atoms with Gasteiger partial charge in [-0.25, -0.2) is 0 Å². The summed E-state index contributed by atoms with van der Waals surface area (Å²) < 4.78 is 0. The molecule has 1 aromatic carbocycles. The van der Waals surface area contributed by atoms with E-state index in [1.165, 1.54) is 0 Å². The number of para-hydroxylation sites is 1. The van der Waals surface area contributed by atoms with Gasteiger partial charge >= 0.3 is 5.97 Å². The molecule has 110 valence electrons. The first kappa shape index (κ1) is 14.1. The maximum atomic E-state index is 11.9. The van der Waals surface area contributed by atoms with E-state index < -0.39 is 11.4 Å². The maximum absolute atomic E-state index is 11.9. The van der Waals surface area contributed by atoms with Gasteiger partial charge in [-0.05, 0) is 43.2 Å². The van der Waals surface area contributed by atoms with Crippen molar-refractivity contribution in [2.24, 2.45) is 11.3 Å². The highest BCUT2D eigenvalue weighted by molar-refractivity contribution is 5.83. The van der Waals surface area contributed by atoms with Gasteiger partial charge in [-0.3, -0.25) is 9.78 Å². The monoisotopic (exact) mass is 283 g/mol. The molecular weight excluding hydrogens is 262 g/mol. The molecule has 0 saturated heterocycles. The average Bonchev–Trinajstić information content (AvgIpc) is 2.92. The Labute approximate surface area is 125 Å². The van der Waals surface area contributed by atoms with Crippen molar-refractivity contribution >= 4 is 16.9 Å². The number of hydrogen-bond donors (Lipinski definition) is 1. The Morgan fingerprint density at radius 1 is 1.38 bits per heavy atom. The van der Waals surface area contributed by atoms with Crippen LogP contribution in [0, 0.1) is 11.3 Å². The number of hydrogen-bond acceptors (Lipinski definition) is 2. The van der Waals surface area contributed by atoms with Crippen molar-refractivity contribution in [3.8, 4) is 0 Å². The molecule has 1 aliphatic carbocycles. The summed E-state index contributed by atoms with van der Waals surface area (Å²) in [5.41, 5.74) is 1.40. The second-order valence-electron chi connectivity index (χ2n) is 6.27. The van der Waals surface area contributed by atoms with Crippen molar-refractivity contribution in [1.29, 1.82) is 0 Å². The number of carboxylic acid groups (broad SMARTS) is 1. The first-order chi connectivity index (χ1) is 10.1. The third-order valence-electron chi connectivity index (χ3n) is 4.99. The molecule has 21 heavy (non-hydrogen) atoms. The standard InChI is InChI=1S/C18H21NO2/c1-2-13-8-9-18(11-13,17(20)21)12-15-6-3-5-14-7-4-10-19-16(14)15/h3-7,10,13H,2,8-9,11-12H2,1H3,(H,20,21). The molecule has 1 aromatic heterocycles. The summed E-state index contributed by atoms with van der Waals surface area (Å²) in [6.07, 6.45) is 6.05. The largest absolute Gasteiger partial charge is 0.481 e. The molecule has 3 nitrogen and oxygen atoms in total. The summed E-state index contributed by atoms with van der Waals surface area (Å²) in [7, 11) is 0. The molecule has 3 rings (SSSR count). The van der Waals surface area contributed by atoms with Crippen LogP contribution in [-0.2, 0) is 11.2 Å². The fourth-order valence-electron chi connectivity index (χ4n) is 3.69. The SMILES string of the molecule is CCC1CCC(Cc2cccc3cccnc23)(C(=O)O)C1. The summed E-state index contributed by atoms with van der Waals surface area (Å²) >= 11 is 0. The van der Waals surface area contributed by atoms with Crippen LogP contribution in [-0.4, -0.2) is 16.1 Å². The van der Waals surface area contributed by atoms with E-state index in [1.54, 1.807) is 6.20 Å². The predicted molar refractivity (Wildman–Crippen MR) is 83.1 cm³/mol. The van der Waals surface area contributed by atoms with Crippen molar-refractivity contribution in [2.45, 2.75) is 39.0 Å². The predicted octanol–water partition coefficient (Wildman–Crippen LogP) is 4.06. The first-order valence-corrected chi connectivity index (χ1v) is 7.70. The normalized spacial score (nSPS) is 25.3. The topological polar surface area (TPSA) is 50.2 Å². The van der Waals surface area contributed by atoms with Crippen LogP contribution >= 0.6 is 0 Å². The zero-order valence-electron chi connectivity index (χ0n) is 12.4. The van der Waals surface area contributed by atoms with Gasteiger partial charge in [-0.15, -0.1) is 0 Å². The zero-order chi connectivity index (χ0) is 14.9. The summed E-state index contributed by atoms with van der Waals surface area (Å²) in [5.74, 6) is -0.101. The Kier molecular flexibility index (Phi) is 3.66. The van der Waals surface area contributed by atoms with Gasteiger partial charge in [-0.2, -0.15) is 0 Å². The lowest BCUT2D eigenvalue weighted by Crippen LogP contribution is -2.31. The van der Waals surface area contributed by atoms with E-state index in [9.17, 15) is 9.90 Å². The number of rotatable bonds is 4. The number of nitrogens with zero attached hydrogens (tertiary/aromatic N) is 1. The summed E-state index contributed by atoms with van der Waals surface area (Å²) in [5, 5.41) is 10.9. The number of carboxylic acids is 1. The molecule has 2 aromatic rings. The van der Waals surface area contributed by atoms with Crippen LogP contribution in [0.2, 0.25) is 0 Å². The fourth-order valence-corrected chi connectivity index (χ4v) is 3.69. The molecule has 0 amide bonds. The number of aliphatic carboxylic acids is 1. The second-order valence-corrected chi connectivity index (χ2v) is 6.27. The molecule has 0 radical (unpaired) electrons. The van der Waals surface area contributed by atoms with Crippen molar-refractivity contribution < 1.29 is 9.90 Å². The van der Waals surface area contributed by atoms with E-state index in [-0.39, 0.29) is 0 Å². The average molecular weight is 283 g/mol. The van der Waals surface area contributed by atoms with Crippen molar-refractivity contribution in [3.05, 3.63) is 42.1 Å². The number of benzene rings is 1. The molecule has 1 fully saturated rings. The Morgan fingerprint density at radius 2 is 2.19 bits per heavy atom. The van der Waals surface area contributed by atoms with Gasteiger partial charge in [0, 0.05) is 11.6 Å². The van der Waals surface area contributed by atoms with Crippen molar-refractivity contribution in [2.75, 3.05) is 0 Å². The molecule has 0 spiro atoms. The molecule has 1 heterocycles. The Bertz CT molecular complexity index is 662. The number of fused-ring (bicyclic) bond motifs is 1. The number of pyridine rings is 1. The van der Waals surface area contributed by atoms with Crippen LogP contribution in [0.3, 0.4) is 0 Å². The van der Waals surface area contributed by atoms with Crippen LogP contribution in [0.15, 0.2) is 36.5 Å². The van der Waals surface area contributed by atoms with Gasteiger partial charge in [0.05, 0.1) is 10.9 Å². The zero-order valence-corrected chi connectivity index (χ0v) is 12.4. The highest BCUT2D eigenvalue weighted by atomic mass is 16.4. The van der Waals surface area contributed by atoms with Gasteiger partial charge in [0.2, 0.25) is 0 Å². The van der Waals surface area contributed by atoms with Crippen LogP contribution < -0.4 is 0 Å². The van der Waals surface area contributed by atoms with Crippen molar-refractivity contribution in [3.63, 3.8) is 0 Å². The quantitative estimate of drug-likeness (QED) is 0.920. The van der Waals surface area contributed by atoms with Crippen LogP contribution in [0.5, 0.6) is 0 Å². The molecule has 1 N–H and O–H groups in total. The van der Waals surface area contributed by atoms with E-state index in [0.29, 0.717) is 12.3 Å². The molecule has 0 aliphatic heterocycles. The smallest absolute Gasteiger partial charge is 0.309 e. The van der Waals surface area contributed by atoms with Gasteiger partial charge in [0.25, 0.3) is 0 Å². The van der Waals surface area contributed by atoms with Gasteiger partial charge < -0.3 is 5.11 Å². The third kappa shape index (κ3) is 2.53. The van der Waals surface area contributed by atoms with E-state index in [2.05, 4.69) is 11.9 Å². The van der Waals surface area contributed by atoms with Crippen LogP contribution in [0.4, 0.5) is 0 Å². The van der Waals surface area contributed by atoms with Gasteiger partial charge in [-0.1, -0.05) is 37.6 Å².